The van der Waals surface area contributed by atoms with Crippen LogP contribution in [0.1, 0.15) is 51.1 Å². The Morgan fingerprint density at radius 1 is 1.35 bits per heavy atom. The van der Waals surface area contributed by atoms with Crippen LogP contribution in [0.25, 0.3) is 0 Å². The zero-order chi connectivity index (χ0) is 12.9. The smallest absolute Gasteiger partial charge is 0.177 e. The first-order valence-corrected chi connectivity index (χ1v) is 8.04. The van der Waals surface area contributed by atoms with Gasteiger partial charge in [0, 0.05) is 18.4 Å². The fourth-order valence-electron chi connectivity index (χ4n) is 2.01. The van der Waals surface area contributed by atoms with Crippen LogP contribution in [0.4, 0.5) is 0 Å². The minimum absolute atomic E-state index is 0.251. The Labute approximate surface area is 104 Å². The van der Waals surface area contributed by atoms with Gasteiger partial charge in [-0.1, -0.05) is 26.7 Å². The normalized spacial score (nSPS) is 13.6. The molecule has 0 N–H and O–H groups in total. The zero-order valence-electron chi connectivity index (χ0n) is 10.8. The van der Waals surface area contributed by atoms with Crippen molar-refractivity contribution in [1.82, 2.24) is 4.98 Å². The first kappa shape index (κ1) is 14.2. The van der Waals surface area contributed by atoms with Gasteiger partial charge in [-0.25, -0.2) is 8.42 Å². The molecule has 0 spiro atoms. The predicted molar refractivity (Wildman–Crippen MR) is 69.9 cm³/mol. The summed E-state index contributed by atoms with van der Waals surface area (Å²) in [5, 5.41) is 0. The van der Waals surface area contributed by atoms with E-state index in [1.807, 2.05) is 0 Å². The summed E-state index contributed by atoms with van der Waals surface area (Å²) < 4.78 is 23.4. The highest BCUT2D eigenvalue weighted by Gasteiger charge is 2.20. The van der Waals surface area contributed by atoms with Gasteiger partial charge in [0.15, 0.2) is 9.84 Å². The van der Waals surface area contributed by atoms with Crippen molar-refractivity contribution in [3.05, 3.63) is 24.0 Å². The van der Waals surface area contributed by atoms with Crippen molar-refractivity contribution in [2.45, 2.75) is 50.3 Å². The molecule has 0 aliphatic rings. The minimum Gasteiger partial charge on any atom is -0.260 e. The minimum atomic E-state index is -3.18. The summed E-state index contributed by atoms with van der Waals surface area (Å²) in [5.74, 6) is 0.251. The summed E-state index contributed by atoms with van der Waals surface area (Å²) in [7, 11) is -3.18. The van der Waals surface area contributed by atoms with Crippen LogP contribution in [0.15, 0.2) is 23.2 Å². The van der Waals surface area contributed by atoms with Gasteiger partial charge in [0.1, 0.15) is 0 Å². The van der Waals surface area contributed by atoms with Crippen molar-refractivity contribution in [2.75, 3.05) is 6.26 Å². The Morgan fingerprint density at radius 3 is 2.59 bits per heavy atom. The number of hydrogen-bond donors (Lipinski definition) is 0. The second-order valence-corrected chi connectivity index (χ2v) is 6.39. The molecule has 0 aromatic carbocycles. The molecule has 1 heterocycles. The summed E-state index contributed by atoms with van der Waals surface area (Å²) in [6.07, 6.45) is 7.10. The molecule has 1 aromatic rings. The number of hydrogen-bond acceptors (Lipinski definition) is 3. The summed E-state index contributed by atoms with van der Waals surface area (Å²) in [5.41, 5.74) is 0.742. The Morgan fingerprint density at radius 2 is 2.06 bits per heavy atom. The molecule has 1 aromatic heterocycles. The Balaban J connectivity index is 3.11. The van der Waals surface area contributed by atoms with E-state index in [4.69, 9.17) is 0 Å². The molecule has 96 valence electrons. The molecule has 0 bridgehead atoms. The molecule has 0 radical (unpaired) electrons. The van der Waals surface area contributed by atoms with Gasteiger partial charge in [-0.05, 0) is 25.0 Å². The number of aromatic nitrogens is 1. The lowest BCUT2D eigenvalue weighted by Gasteiger charge is -2.16. The Bertz CT molecular complexity index is 454. The highest BCUT2D eigenvalue weighted by Crippen LogP contribution is 2.28. The average Bonchev–Trinajstić information content (AvgIpc) is 2.29. The van der Waals surface area contributed by atoms with E-state index in [-0.39, 0.29) is 5.92 Å². The maximum atomic E-state index is 11.7. The van der Waals surface area contributed by atoms with E-state index in [2.05, 4.69) is 18.8 Å². The quantitative estimate of drug-likeness (QED) is 0.784. The van der Waals surface area contributed by atoms with Gasteiger partial charge in [-0.15, -0.1) is 0 Å². The third-order valence-electron chi connectivity index (χ3n) is 2.98. The maximum absolute atomic E-state index is 11.7. The number of nitrogens with zero attached hydrogens (tertiary/aromatic N) is 1. The van der Waals surface area contributed by atoms with Gasteiger partial charge >= 0.3 is 0 Å². The first-order chi connectivity index (χ1) is 8.00. The van der Waals surface area contributed by atoms with Gasteiger partial charge < -0.3 is 0 Å². The second kappa shape index (κ2) is 6.15. The monoisotopic (exact) mass is 255 g/mol. The molecule has 1 rings (SSSR count). The lowest BCUT2D eigenvalue weighted by molar-refractivity contribution is 0.543. The van der Waals surface area contributed by atoms with Crippen LogP contribution in [0, 0.1) is 0 Å². The first-order valence-electron chi connectivity index (χ1n) is 6.15. The lowest BCUT2D eigenvalue weighted by atomic mass is 9.95. The fraction of sp³-hybridized carbons (Fsp3) is 0.615. The van der Waals surface area contributed by atoms with Gasteiger partial charge in [-0.3, -0.25) is 4.98 Å². The van der Waals surface area contributed by atoms with E-state index < -0.39 is 9.84 Å². The molecule has 0 saturated heterocycles. The van der Waals surface area contributed by atoms with Crippen LogP contribution >= 0.6 is 0 Å². The topological polar surface area (TPSA) is 47.0 Å². The molecule has 1 atom stereocenters. The third-order valence-corrected chi connectivity index (χ3v) is 4.13. The molecule has 0 aliphatic heterocycles. The van der Waals surface area contributed by atoms with Gasteiger partial charge in [0.2, 0.25) is 0 Å². The van der Waals surface area contributed by atoms with Crippen molar-refractivity contribution in [3.8, 4) is 0 Å². The molecule has 17 heavy (non-hydrogen) atoms. The van der Waals surface area contributed by atoms with Crippen LogP contribution < -0.4 is 0 Å². The molecule has 0 aliphatic carbocycles. The standard InChI is InChI=1S/C13H21NO2S/c1-4-6-8-11(5-2)13-12(17(3,15)16)9-7-10-14-13/h7,9-11H,4-6,8H2,1-3H3. The van der Waals surface area contributed by atoms with E-state index in [9.17, 15) is 8.42 Å². The summed E-state index contributed by atoms with van der Waals surface area (Å²) >= 11 is 0. The zero-order valence-corrected chi connectivity index (χ0v) is 11.6. The van der Waals surface area contributed by atoms with Crippen LogP contribution in [0.2, 0.25) is 0 Å². The number of rotatable bonds is 6. The SMILES string of the molecule is CCCCC(CC)c1ncccc1S(C)(=O)=O. The second-order valence-electron chi connectivity index (χ2n) is 4.41. The van der Waals surface area contributed by atoms with E-state index in [1.165, 1.54) is 6.26 Å². The van der Waals surface area contributed by atoms with E-state index >= 15 is 0 Å². The number of sulfone groups is 1. The average molecular weight is 255 g/mol. The largest absolute Gasteiger partial charge is 0.260 e. The number of pyridine rings is 1. The fourth-order valence-corrected chi connectivity index (χ4v) is 2.93. The highest BCUT2D eigenvalue weighted by atomic mass is 32.2. The predicted octanol–water partition coefficient (Wildman–Crippen LogP) is 3.17. The van der Waals surface area contributed by atoms with Gasteiger partial charge in [0.05, 0.1) is 10.6 Å². The van der Waals surface area contributed by atoms with E-state index in [1.54, 1.807) is 18.3 Å². The number of unbranched alkanes of at least 4 members (excludes halogenated alkanes) is 1. The van der Waals surface area contributed by atoms with Crippen LogP contribution in [0.5, 0.6) is 0 Å². The molecular weight excluding hydrogens is 234 g/mol. The van der Waals surface area contributed by atoms with Crippen LogP contribution in [0.3, 0.4) is 0 Å². The van der Waals surface area contributed by atoms with Crippen molar-refractivity contribution >= 4 is 9.84 Å². The summed E-state index contributed by atoms with van der Waals surface area (Å²) in [6, 6.07) is 3.35. The Kier molecular flexibility index (Phi) is 5.12. The molecule has 0 amide bonds. The van der Waals surface area contributed by atoms with E-state index in [0.717, 1.165) is 31.4 Å². The highest BCUT2D eigenvalue weighted by molar-refractivity contribution is 7.90. The molecule has 0 fully saturated rings. The van der Waals surface area contributed by atoms with Crippen molar-refractivity contribution in [2.24, 2.45) is 0 Å². The van der Waals surface area contributed by atoms with Crippen molar-refractivity contribution < 1.29 is 8.42 Å². The van der Waals surface area contributed by atoms with Crippen LogP contribution in [-0.4, -0.2) is 19.7 Å². The Hall–Kier alpha value is -0.900. The molecule has 1 unspecified atom stereocenters. The van der Waals surface area contributed by atoms with Gasteiger partial charge in [0.25, 0.3) is 0 Å². The van der Waals surface area contributed by atoms with Crippen molar-refractivity contribution in [3.63, 3.8) is 0 Å². The lowest BCUT2D eigenvalue weighted by Crippen LogP contribution is -2.09. The van der Waals surface area contributed by atoms with Crippen molar-refractivity contribution in [1.29, 1.82) is 0 Å². The van der Waals surface area contributed by atoms with Crippen LogP contribution in [-0.2, 0) is 9.84 Å². The van der Waals surface area contributed by atoms with Gasteiger partial charge in [-0.2, -0.15) is 0 Å². The molecule has 4 heteroatoms. The molecule has 0 saturated carbocycles. The summed E-state index contributed by atoms with van der Waals surface area (Å²) in [4.78, 5) is 4.68. The third kappa shape index (κ3) is 3.80. The molecule has 3 nitrogen and oxygen atoms in total. The molecular formula is C13H21NO2S. The maximum Gasteiger partial charge on any atom is 0.177 e. The summed E-state index contributed by atoms with van der Waals surface area (Å²) in [6.45, 7) is 4.23. The van der Waals surface area contributed by atoms with E-state index in [0.29, 0.717) is 4.90 Å².